The number of hydrogen-bond donors (Lipinski definition) is 3. The highest BCUT2D eigenvalue weighted by molar-refractivity contribution is 7.13. The molecule has 0 aliphatic carbocycles. The Balaban J connectivity index is 1.67. The predicted molar refractivity (Wildman–Crippen MR) is 102 cm³/mol. The Morgan fingerprint density at radius 1 is 1.35 bits per heavy atom. The number of carbonyl (C=O) groups is 1. The number of nitrogens with one attached hydrogen (secondary N) is 3. The van der Waals surface area contributed by atoms with Crippen molar-refractivity contribution in [3.63, 3.8) is 0 Å². The van der Waals surface area contributed by atoms with Crippen LogP contribution in [0.1, 0.15) is 5.69 Å². The van der Waals surface area contributed by atoms with Crippen molar-refractivity contribution in [2.45, 2.75) is 0 Å². The number of aromatic amines is 2. The standard InChI is InChI=1S/C18H15N5O2S/c1-25-13-6-5-12(21-15(24)7-4-11-9-19-10-20-11)16-17(13)23-18(22-16)14-3-2-8-26-14/h2-10H,1H3,(H,19,20)(H,21,24)(H,22,23)/b7-4+. The van der Waals surface area contributed by atoms with Crippen LogP contribution in [0.25, 0.3) is 27.8 Å². The molecule has 4 rings (SSSR count). The minimum atomic E-state index is -0.258. The van der Waals surface area contributed by atoms with Crippen molar-refractivity contribution in [1.82, 2.24) is 19.9 Å². The quantitative estimate of drug-likeness (QED) is 0.470. The van der Waals surface area contributed by atoms with E-state index in [-0.39, 0.29) is 5.91 Å². The van der Waals surface area contributed by atoms with Gasteiger partial charge in [0.15, 0.2) is 0 Å². The number of carbonyl (C=O) groups excluding carboxylic acids is 1. The highest BCUT2D eigenvalue weighted by Gasteiger charge is 2.14. The summed E-state index contributed by atoms with van der Waals surface area (Å²) in [5.74, 6) is 1.15. The number of hydrogen-bond acceptors (Lipinski definition) is 5. The summed E-state index contributed by atoms with van der Waals surface area (Å²) in [4.78, 5) is 28.0. The highest BCUT2D eigenvalue weighted by atomic mass is 32.1. The Morgan fingerprint density at radius 2 is 2.27 bits per heavy atom. The largest absolute Gasteiger partial charge is 0.494 e. The Morgan fingerprint density at radius 3 is 3.00 bits per heavy atom. The van der Waals surface area contributed by atoms with Gasteiger partial charge in [0.2, 0.25) is 5.91 Å². The number of methoxy groups -OCH3 is 1. The SMILES string of the molecule is COc1ccc(NC(=O)/C=C/c2cnc[nH]2)c2nc(-c3cccs3)[nH]c12. The second-order valence-corrected chi connectivity index (χ2v) is 6.38. The van der Waals surface area contributed by atoms with Gasteiger partial charge in [-0.15, -0.1) is 11.3 Å². The third-order valence-electron chi connectivity index (χ3n) is 3.77. The number of benzene rings is 1. The number of amides is 1. The minimum Gasteiger partial charge on any atom is -0.494 e. The first kappa shape index (κ1) is 16.1. The molecule has 0 bridgehead atoms. The molecular weight excluding hydrogens is 350 g/mol. The maximum atomic E-state index is 12.2. The topological polar surface area (TPSA) is 95.7 Å². The highest BCUT2D eigenvalue weighted by Crippen LogP contribution is 2.33. The van der Waals surface area contributed by atoms with Crippen LogP contribution in [0.5, 0.6) is 5.75 Å². The Labute approximate surface area is 152 Å². The number of nitrogens with zero attached hydrogens (tertiary/aromatic N) is 2. The molecule has 130 valence electrons. The summed E-state index contributed by atoms with van der Waals surface area (Å²) in [5.41, 5.74) is 2.75. The molecule has 3 heterocycles. The normalized spacial score (nSPS) is 11.3. The van der Waals surface area contributed by atoms with Crippen LogP contribution in [-0.4, -0.2) is 33.0 Å². The zero-order valence-corrected chi connectivity index (χ0v) is 14.6. The lowest BCUT2D eigenvalue weighted by molar-refractivity contribution is -0.111. The molecule has 0 atom stereocenters. The lowest BCUT2D eigenvalue weighted by atomic mass is 10.2. The van der Waals surface area contributed by atoms with E-state index < -0.39 is 0 Å². The molecule has 0 saturated carbocycles. The number of imidazole rings is 2. The number of thiophene rings is 1. The van der Waals surface area contributed by atoms with E-state index in [0.29, 0.717) is 17.0 Å². The maximum absolute atomic E-state index is 12.2. The van der Waals surface area contributed by atoms with Crippen LogP contribution >= 0.6 is 11.3 Å². The van der Waals surface area contributed by atoms with E-state index >= 15 is 0 Å². The molecule has 3 aromatic heterocycles. The van der Waals surface area contributed by atoms with Crippen LogP contribution in [0.15, 0.2) is 48.2 Å². The molecule has 0 spiro atoms. The lowest BCUT2D eigenvalue weighted by Crippen LogP contribution is -2.08. The van der Waals surface area contributed by atoms with Gasteiger partial charge in [0, 0.05) is 6.08 Å². The molecule has 0 aliphatic heterocycles. The predicted octanol–water partition coefficient (Wildman–Crippen LogP) is 3.68. The molecule has 7 nitrogen and oxygen atoms in total. The van der Waals surface area contributed by atoms with Crippen LogP contribution in [0, 0.1) is 0 Å². The van der Waals surface area contributed by atoms with Gasteiger partial charge in [-0.25, -0.2) is 9.97 Å². The Bertz CT molecular complexity index is 1060. The summed E-state index contributed by atoms with van der Waals surface area (Å²) >= 11 is 1.59. The van der Waals surface area contributed by atoms with Gasteiger partial charge < -0.3 is 20.0 Å². The van der Waals surface area contributed by atoms with E-state index in [1.54, 1.807) is 49.2 Å². The van der Waals surface area contributed by atoms with Gasteiger partial charge in [-0.05, 0) is 29.7 Å². The first-order valence-corrected chi connectivity index (χ1v) is 8.70. The fraction of sp³-hybridized carbons (Fsp3) is 0.0556. The molecule has 4 aromatic rings. The number of anilines is 1. The van der Waals surface area contributed by atoms with Gasteiger partial charge in [0.05, 0.1) is 35.9 Å². The van der Waals surface area contributed by atoms with E-state index in [2.05, 4.69) is 25.3 Å². The first-order chi connectivity index (χ1) is 12.7. The fourth-order valence-corrected chi connectivity index (χ4v) is 3.24. The van der Waals surface area contributed by atoms with E-state index in [9.17, 15) is 4.79 Å². The van der Waals surface area contributed by atoms with Gasteiger partial charge in [-0.2, -0.15) is 0 Å². The minimum absolute atomic E-state index is 0.258. The molecule has 0 aliphatic rings. The molecule has 3 N–H and O–H groups in total. The smallest absolute Gasteiger partial charge is 0.248 e. The van der Waals surface area contributed by atoms with Crippen LogP contribution in [0.3, 0.4) is 0 Å². The van der Waals surface area contributed by atoms with Gasteiger partial charge in [0.1, 0.15) is 22.6 Å². The summed E-state index contributed by atoms with van der Waals surface area (Å²) in [6.45, 7) is 0. The molecule has 0 unspecified atom stereocenters. The second-order valence-electron chi connectivity index (χ2n) is 5.43. The molecule has 0 saturated heterocycles. The van der Waals surface area contributed by atoms with Crippen LogP contribution < -0.4 is 10.1 Å². The summed E-state index contributed by atoms with van der Waals surface area (Å²) in [7, 11) is 1.60. The fourth-order valence-electron chi connectivity index (χ4n) is 2.57. The summed E-state index contributed by atoms with van der Waals surface area (Å²) < 4.78 is 5.41. The molecular formula is C18H15N5O2S. The van der Waals surface area contributed by atoms with Crippen molar-refractivity contribution >= 4 is 40.0 Å². The van der Waals surface area contributed by atoms with Crippen molar-refractivity contribution in [1.29, 1.82) is 0 Å². The zero-order valence-electron chi connectivity index (χ0n) is 13.8. The van der Waals surface area contributed by atoms with Crippen molar-refractivity contribution in [3.05, 3.63) is 53.9 Å². The van der Waals surface area contributed by atoms with Gasteiger partial charge in [0.25, 0.3) is 0 Å². The third kappa shape index (κ3) is 3.09. The Kier molecular flexibility index (Phi) is 4.24. The average molecular weight is 365 g/mol. The first-order valence-electron chi connectivity index (χ1n) is 7.82. The van der Waals surface area contributed by atoms with E-state index in [4.69, 9.17) is 4.74 Å². The number of fused-ring (bicyclic) bond motifs is 1. The lowest BCUT2D eigenvalue weighted by Gasteiger charge is -2.06. The molecule has 1 aromatic carbocycles. The van der Waals surface area contributed by atoms with E-state index in [1.165, 1.54) is 6.08 Å². The number of H-pyrrole nitrogens is 2. The molecule has 26 heavy (non-hydrogen) atoms. The van der Waals surface area contributed by atoms with E-state index in [0.717, 1.165) is 21.9 Å². The van der Waals surface area contributed by atoms with Crippen molar-refractivity contribution in [3.8, 4) is 16.5 Å². The number of ether oxygens (including phenoxy) is 1. The zero-order chi connectivity index (χ0) is 17.9. The summed E-state index contributed by atoms with van der Waals surface area (Å²) in [6.07, 6.45) is 6.29. The third-order valence-corrected chi connectivity index (χ3v) is 4.65. The van der Waals surface area contributed by atoms with Crippen molar-refractivity contribution in [2.75, 3.05) is 12.4 Å². The second kappa shape index (κ2) is 6.85. The Hall–Kier alpha value is -3.39. The number of aromatic nitrogens is 4. The summed E-state index contributed by atoms with van der Waals surface area (Å²) in [6, 6.07) is 7.53. The van der Waals surface area contributed by atoms with Gasteiger partial charge in [-0.3, -0.25) is 4.79 Å². The van der Waals surface area contributed by atoms with Crippen molar-refractivity contribution < 1.29 is 9.53 Å². The monoisotopic (exact) mass is 365 g/mol. The van der Waals surface area contributed by atoms with Crippen LogP contribution in [0.4, 0.5) is 5.69 Å². The molecule has 0 radical (unpaired) electrons. The number of rotatable bonds is 5. The molecule has 1 amide bonds. The molecule has 0 fully saturated rings. The van der Waals surface area contributed by atoms with E-state index in [1.807, 2.05) is 17.5 Å². The molecule has 8 heteroatoms. The van der Waals surface area contributed by atoms with Crippen LogP contribution in [-0.2, 0) is 4.79 Å². The van der Waals surface area contributed by atoms with Crippen LogP contribution in [0.2, 0.25) is 0 Å². The van der Waals surface area contributed by atoms with Gasteiger partial charge in [-0.1, -0.05) is 6.07 Å². The van der Waals surface area contributed by atoms with Gasteiger partial charge >= 0.3 is 0 Å². The maximum Gasteiger partial charge on any atom is 0.248 e. The summed E-state index contributed by atoms with van der Waals surface area (Å²) in [5, 5.41) is 4.85. The van der Waals surface area contributed by atoms with Crippen molar-refractivity contribution in [2.24, 2.45) is 0 Å². The average Bonchev–Trinajstić information content (AvgIpc) is 3.41.